The van der Waals surface area contributed by atoms with E-state index in [0.717, 1.165) is 11.1 Å². The molecule has 0 aliphatic rings. The van der Waals surface area contributed by atoms with Gasteiger partial charge in [0.15, 0.2) is 0 Å². The van der Waals surface area contributed by atoms with Crippen LogP contribution in [0, 0.1) is 13.8 Å². The molecule has 2 rings (SSSR count). The first-order valence-corrected chi connectivity index (χ1v) is 9.45. The lowest BCUT2D eigenvalue weighted by Crippen LogP contribution is -2.37. The molecule has 2 aromatic rings. The van der Waals surface area contributed by atoms with E-state index >= 15 is 0 Å². The van der Waals surface area contributed by atoms with E-state index in [4.69, 9.17) is 32.7 Å². The van der Waals surface area contributed by atoms with Crippen molar-refractivity contribution in [1.29, 1.82) is 0 Å². The molecule has 2 atom stereocenters. The zero-order valence-electron chi connectivity index (χ0n) is 15.4. The number of aliphatic hydroxyl groups is 2. The predicted octanol–water partition coefficient (Wildman–Crippen LogP) is 3.38. The molecule has 3 N–H and O–H groups in total. The minimum atomic E-state index is -0.701. The van der Waals surface area contributed by atoms with Gasteiger partial charge in [-0.25, -0.2) is 0 Å². The van der Waals surface area contributed by atoms with Crippen LogP contribution >= 0.6 is 23.2 Å². The zero-order valence-corrected chi connectivity index (χ0v) is 16.9. The molecule has 0 aliphatic heterocycles. The zero-order chi connectivity index (χ0) is 19.8. The van der Waals surface area contributed by atoms with E-state index in [1.165, 1.54) is 0 Å². The Morgan fingerprint density at radius 2 is 1.22 bits per heavy atom. The molecule has 0 spiro atoms. The lowest BCUT2D eigenvalue weighted by atomic mass is 10.2. The molecule has 27 heavy (non-hydrogen) atoms. The van der Waals surface area contributed by atoms with E-state index in [0.29, 0.717) is 34.6 Å². The highest BCUT2D eigenvalue weighted by molar-refractivity contribution is 6.31. The summed E-state index contributed by atoms with van der Waals surface area (Å²) in [7, 11) is 0. The van der Waals surface area contributed by atoms with E-state index in [-0.39, 0.29) is 13.2 Å². The monoisotopic (exact) mass is 413 g/mol. The summed E-state index contributed by atoms with van der Waals surface area (Å²) in [5.41, 5.74) is 1.83. The molecule has 5 nitrogen and oxygen atoms in total. The first-order chi connectivity index (χ1) is 12.8. The van der Waals surface area contributed by atoms with Gasteiger partial charge in [0.25, 0.3) is 0 Å². The van der Waals surface area contributed by atoms with Crippen molar-refractivity contribution >= 4 is 23.2 Å². The molecule has 0 amide bonds. The number of ether oxygens (including phenoxy) is 2. The first kappa shape index (κ1) is 21.8. The van der Waals surface area contributed by atoms with Crippen LogP contribution < -0.4 is 14.8 Å². The van der Waals surface area contributed by atoms with Gasteiger partial charge >= 0.3 is 0 Å². The SMILES string of the molecule is Cc1cc(OC[C@H](O)CNC[C@@H](O)COc2ccc(Cl)c(C)c2)ccc1Cl. The Labute approximate surface area is 169 Å². The quantitative estimate of drug-likeness (QED) is 0.556. The van der Waals surface area contributed by atoms with E-state index in [1.54, 1.807) is 24.3 Å². The van der Waals surface area contributed by atoms with E-state index in [1.807, 2.05) is 26.0 Å². The van der Waals surface area contributed by atoms with Gasteiger partial charge in [-0.2, -0.15) is 0 Å². The van der Waals surface area contributed by atoms with Gasteiger partial charge in [-0.05, 0) is 61.4 Å². The number of hydrogen-bond acceptors (Lipinski definition) is 5. The van der Waals surface area contributed by atoms with E-state index < -0.39 is 12.2 Å². The Kier molecular flexibility index (Phi) is 8.67. The maximum atomic E-state index is 9.97. The Morgan fingerprint density at radius 1 is 0.815 bits per heavy atom. The fourth-order valence-electron chi connectivity index (χ4n) is 2.33. The fourth-order valence-corrected chi connectivity index (χ4v) is 2.57. The van der Waals surface area contributed by atoms with Gasteiger partial charge in [0.2, 0.25) is 0 Å². The number of aryl methyl sites for hydroxylation is 2. The molecule has 148 valence electrons. The van der Waals surface area contributed by atoms with Crippen molar-refractivity contribution in [1.82, 2.24) is 5.32 Å². The topological polar surface area (TPSA) is 71.0 Å². The smallest absolute Gasteiger partial charge is 0.119 e. The average Bonchev–Trinajstić information content (AvgIpc) is 2.63. The van der Waals surface area contributed by atoms with Crippen molar-refractivity contribution in [2.75, 3.05) is 26.3 Å². The summed E-state index contributed by atoms with van der Waals surface area (Å²) in [6.07, 6.45) is -1.40. The van der Waals surface area contributed by atoms with Gasteiger partial charge in [0, 0.05) is 23.1 Å². The standard InChI is InChI=1S/C20H25Cl2NO4/c1-13-7-17(3-5-19(13)21)26-11-15(24)9-23-10-16(25)12-27-18-4-6-20(22)14(2)8-18/h3-8,15-16,23-25H,9-12H2,1-2H3/t15-,16-/m1/s1. The van der Waals surface area contributed by atoms with Crippen molar-refractivity contribution < 1.29 is 19.7 Å². The van der Waals surface area contributed by atoms with Crippen LogP contribution in [0.3, 0.4) is 0 Å². The molecule has 0 saturated carbocycles. The number of benzene rings is 2. The van der Waals surface area contributed by atoms with Crippen molar-refractivity contribution in [3.05, 3.63) is 57.6 Å². The summed E-state index contributed by atoms with van der Waals surface area (Å²) < 4.78 is 11.1. The summed E-state index contributed by atoms with van der Waals surface area (Å²) in [4.78, 5) is 0. The second kappa shape index (κ2) is 10.7. The second-order valence-electron chi connectivity index (χ2n) is 6.41. The van der Waals surface area contributed by atoms with Crippen molar-refractivity contribution in [2.24, 2.45) is 0 Å². The minimum Gasteiger partial charge on any atom is -0.491 e. The largest absolute Gasteiger partial charge is 0.491 e. The Balaban J connectivity index is 1.62. The molecule has 0 bridgehead atoms. The number of aliphatic hydroxyl groups excluding tert-OH is 2. The van der Waals surface area contributed by atoms with Gasteiger partial charge in [-0.15, -0.1) is 0 Å². The normalized spacial score (nSPS) is 13.3. The number of halogens is 2. The third-order valence-corrected chi connectivity index (χ3v) is 4.75. The lowest BCUT2D eigenvalue weighted by Gasteiger charge is -2.16. The third-order valence-electron chi connectivity index (χ3n) is 3.90. The maximum Gasteiger partial charge on any atom is 0.119 e. The van der Waals surface area contributed by atoms with Gasteiger partial charge in [-0.1, -0.05) is 23.2 Å². The molecule has 0 saturated heterocycles. The second-order valence-corrected chi connectivity index (χ2v) is 7.22. The van der Waals surface area contributed by atoms with Crippen LogP contribution in [0.5, 0.6) is 11.5 Å². The van der Waals surface area contributed by atoms with Crippen molar-refractivity contribution in [3.8, 4) is 11.5 Å². The van der Waals surface area contributed by atoms with E-state index in [2.05, 4.69) is 5.32 Å². The number of nitrogens with one attached hydrogen (secondary N) is 1. The summed E-state index contributed by atoms with van der Waals surface area (Å²) in [5.74, 6) is 1.31. The van der Waals surface area contributed by atoms with Crippen LogP contribution in [0.25, 0.3) is 0 Å². The van der Waals surface area contributed by atoms with Crippen molar-refractivity contribution in [2.45, 2.75) is 26.1 Å². The maximum absolute atomic E-state index is 9.97. The summed E-state index contributed by atoms with van der Waals surface area (Å²) in [6, 6.07) is 10.7. The van der Waals surface area contributed by atoms with Gasteiger partial charge in [0.05, 0.1) is 0 Å². The minimum absolute atomic E-state index is 0.144. The summed E-state index contributed by atoms with van der Waals surface area (Å²) in [5, 5.41) is 24.3. The predicted molar refractivity (Wildman–Crippen MR) is 108 cm³/mol. The van der Waals surface area contributed by atoms with Crippen LogP contribution in [-0.4, -0.2) is 48.7 Å². The summed E-state index contributed by atoms with van der Waals surface area (Å²) >= 11 is 11.9. The highest BCUT2D eigenvalue weighted by atomic mass is 35.5. The van der Waals surface area contributed by atoms with Crippen LogP contribution in [0.15, 0.2) is 36.4 Å². The molecule has 2 aromatic carbocycles. The summed E-state index contributed by atoms with van der Waals surface area (Å²) in [6.45, 7) is 4.66. The molecule has 0 aromatic heterocycles. The van der Waals surface area contributed by atoms with Gasteiger partial charge in [-0.3, -0.25) is 0 Å². The molecule has 0 unspecified atom stereocenters. The Bertz CT molecular complexity index is 680. The fraction of sp³-hybridized carbons (Fsp3) is 0.400. The Morgan fingerprint density at radius 3 is 1.59 bits per heavy atom. The number of rotatable bonds is 10. The molecule has 7 heteroatoms. The van der Waals surface area contributed by atoms with Gasteiger partial charge in [0.1, 0.15) is 36.9 Å². The molecular formula is C20H25Cl2NO4. The third kappa shape index (κ3) is 7.56. The lowest BCUT2D eigenvalue weighted by molar-refractivity contribution is 0.0857. The molecule has 0 fully saturated rings. The first-order valence-electron chi connectivity index (χ1n) is 8.70. The average molecular weight is 414 g/mol. The number of hydrogen-bond donors (Lipinski definition) is 3. The molecule has 0 aliphatic carbocycles. The van der Waals surface area contributed by atoms with Crippen molar-refractivity contribution in [3.63, 3.8) is 0 Å². The molecule has 0 heterocycles. The Hall–Kier alpha value is -1.50. The highest BCUT2D eigenvalue weighted by Crippen LogP contribution is 2.22. The molecule has 0 radical (unpaired) electrons. The highest BCUT2D eigenvalue weighted by Gasteiger charge is 2.09. The van der Waals surface area contributed by atoms with Crippen LogP contribution in [0.1, 0.15) is 11.1 Å². The van der Waals surface area contributed by atoms with Crippen LogP contribution in [0.2, 0.25) is 10.0 Å². The molecular weight excluding hydrogens is 389 g/mol. The van der Waals surface area contributed by atoms with Gasteiger partial charge < -0.3 is 25.0 Å². The van der Waals surface area contributed by atoms with Crippen LogP contribution in [-0.2, 0) is 0 Å². The van der Waals surface area contributed by atoms with Crippen LogP contribution in [0.4, 0.5) is 0 Å². The van der Waals surface area contributed by atoms with E-state index in [9.17, 15) is 10.2 Å².